The highest BCUT2D eigenvalue weighted by molar-refractivity contribution is 6.35. The third-order valence-corrected chi connectivity index (χ3v) is 4.86. The molecule has 23 heavy (non-hydrogen) atoms. The van der Waals surface area contributed by atoms with E-state index in [9.17, 15) is 4.79 Å². The van der Waals surface area contributed by atoms with Gasteiger partial charge in [0, 0.05) is 49.7 Å². The molecule has 1 aliphatic rings. The number of halogens is 2. The fourth-order valence-electron chi connectivity index (χ4n) is 3.04. The molecule has 1 aliphatic heterocycles. The Labute approximate surface area is 148 Å². The molecule has 1 fully saturated rings. The van der Waals surface area contributed by atoms with E-state index >= 15 is 0 Å². The van der Waals surface area contributed by atoms with Gasteiger partial charge in [-0.3, -0.25) is 9.69 Å². The van der Waals surface area contributed by atoms with E-state index in [4.69, 9.17) is 23.2 Å². The summed E-state index contributed by atoms with van der Waals surface area (Å²) < 4.78 is 0. The van der Waals surface area contributed by atoms with Gasteiger partial charge < -0.3 is 10.6 Å². The van der Waals surface area contributed by atoms with Gasteiger partial charge in [-0.2, -0.15) is 0 Å². The fraction of sp³-hybridized carbons (Fsp3) is 0.588. The van der Waals surface area contributed by atoms with E-state index in [0.717, 1.165) is 44.7 Å². The minimum absolute atomic E-state index is 0.00298. The van der Waals surface area contributed by atoms with Crippen molar-refractivity contribution >= 4 is 29.1 Å². The predicted molar refractivity (Wildman–Crippen MR) is 96.0 cm³/mol. The van der Waals surface area contributed by atoms with Gasteiger partial charge in [-0.05, 0) is 36.1 Å². The quantitative estimate of drug-likeness (QED) is 0.788. The maximum atomic E-state index is 11.1. The molecule has 128 valence electrons. The lowest BCUT2D eigenvalue weighted by Gasteiger charge is -2.32. The van der Waals surface area contributed by atoms with Gasteiger partial charge in [0.15, 0.2) is 0 Å². The van der Waals surface area contributed by atoms with Crippen LogP contribution >= 0.6 is 23.2 Å². The zero-order chi connectivity index (χ0) is 16.9. The van der Waals surface area contributed by atoms with Crippen molar-refractivity contribution in [1.82, 2.24) is 15.5 Å². The molecule has 1 amide bonds. The van der Waals surface area contributed by atoms with E-state index in [1.807, 2.05) is 12.1 Å². The van der Waals surface area contributed by atoms with Gasteiger partial charge in [-0.1, -0.05) is 36.2 Å². The highest BCUT2D eigenvalue weighted by Crippen LogP contribution is 2.28. The number of carbonyl (C=O) groups excluding carboxylic acids is 1. The van der Waals surface area contributed by atoms with Gasteiger partial charge in [-0.25, -0.2) is 0 Å². The summed E-state index contributed by atoms with van der Waals surface area (Å²) >= 11 is 12.3. The Morgan fingerprint density at radius 2 is 2.22 bits per heavy atom. The van der Waals surface area contributed by atoms with Crippen molar-refractivity contribution < 1.29 is 4.79 Å². The lowest BCUT2D eigenvalue weighted by atomic mass is 9.89. The summed E-state index contributed by atoms with van der Waals surface area (Å²) in [5.74, 6) is 0.00298. The Kier molecular flexibility index (Phi) is 6.72. The molecule has 0 radical (unpaired) electrons. The molecule has 1 heterocycles. The van der Waals surface area contributed by atoms with Crippen molar-refractivity contribution in [2.75, 3.05) is 32.7 Å². The molecule has 0 spiro atoms. The molecule has 1 aromatic rings. The third-order valence-electron chi connectivity index (χ3n) is 4.27. The predicted octanol–water partition coefficient (Wildman–Crippen LogP) is 2.93. The van der Waals surface area contributed by atoms with Crippen LogP contribution in [0, 0.1) is 5.41 Å². The first kappa shape index (κ1) is 18.5. The molecule has 0 aromatic heterocycles. The number of nitrogens with one attached hydrogen (secondary N) is 2. The van der Waals surface area contributed by atoms with Crippen LogP contribution in [0.1, 0.15) is 25.8 Å². The Balaban J connectivity index is 2.03. The molecular formula is C17H25Cl2N3O. The summed E-state index contributed by atoms with van der Waals surface area (Å²) in [6, 6.07) is 5.63. The average Bonchev–Trinajstić information content (AvgIpc) is 2.88. The van der Waals surface area contributed by atoms with Crippen molar-refractivity contribution in [2.45, 2.75) is 26.8 Å². The number of hydrogen-bond acceptors (Lipinski definition) is 3. The van der Waals surface area contributed by atoms with Crippen LogP contribution in [0.3, 0.4) is 0 Å². The number of carbonyl (C=O) groups is 1. The zero-order valence-electron chi connectivity index (χ0n) is 13.8. The van der Waals surface area contributed by atoms with E-state index in [-0.39, 0.29) is 11.3 Å². The molecule has 2 rings (SSSR count). The van der Waals surface area contributed by atoms with Gasteiger partial charge in [0.1, 0.15) is 0 Å². The van der Waals surface area contributed by atoms with E-state index < -0.39 is 0 Å². The number of benzene rings is 1. The molecule has 0 saturated carbocycles. The average molecular weight is 358 g/mol. The number of rotatable bonds is 7. The van der Waals surface area contributed by atoms with E-state index in [1.165, 1.54) is 0 Å². The Morgan fingerprint density at radius 1 is 1.43 bits per heavy atom. The molecule has 1 aromatic carbocycles. The number of amides is 1. The van der Waals surface area contributed by atoms with Gasteiger partial charge in [0.25, 0.3) is 0 Å². The van der Waals surface area contributed by atoms with E-state index in [0.29, 0.717) is 16.6 Å². The number of hydrogen-bond donors (Lipinski definition) is 2. The first-order chi connectivity index (χ1) is 10.9. The van der Waals surface area contributed by atoms with Gasteiger partial charge in [0.2, 0.25) is 5.91 Å². The van der Waals surface area contributed by atoms with Crippen molar-refractivity contribution in [2.24, 2.45) is 5.41 Å². The normalized spacial score (nSPS) is 20.9. The van der Waals surface area contributed by atoms with Crippen LogP contribution in [-0.4, -0.2) is 43.5 Å². The minimum Gasteiger partial charge on any atom is -0.355 e. The van der Waals surface area contributed by atoms with Crippen LogP contribution in [0.25, 0.3) is 0 Å². The third kappa shape index (κ3) is 5.96. The minimum atomic E-state index is 0.00298. The lowest BCUT2D eigenvalue weighted by molar-refractivity contribution is -0.119. The fourth-order valence-corrected chi connectivity index (χ4v) is 3.51. The summed E-state index contributed by atoms with van der Waals surface area (Å²) in [7, 11) is 0. The summed E-state index contributed by atoms with van der Waals surface area (Å²) in [4.78, 5) is 13.5. The van der Waals surface area contributed by atoms with Crippen molar-refractivity contribution in [3.8, 4) is 0 Å². The van der Waals surface area contributed by atoms with Crippen LogP contribution in [-0.2, 0) is 11.3 Å². The number of nitrogens with zero attached hydrogens (tertiary/aromatic N) is 1. The summed E-state index contributed by atoms with van der Waals surface area (Å²) in [6.45, 7) is 9.11. The molecule has 1 unspecified atom stereocenters. The topological polar surface area (TPSA) is 44.4 Å². The van der Waals surface area contributed by atoms with E-state index in [1.54, 1.807) is 13.0 Å². The van der Waals surface area contributed by atoms with Crippen LogP contribution in [0.4, 0.5) is 0 Å². The molecule has 4 nitrogen and oxygen atoms in total. The smallest absolute Gasteiger partial charge is 0.216 e. The Hall–Kier alpha value is -0.810. The Morgan fingerprint density at radius 3 is 2.83 bits per heavy atom. The SMILES string of the molecule is CC(=O)NCCN(Cc1ccc(Cl)cc1Cl)CC1(C)CCNC1. The summed E-state index contributed by atoms with van der Waals surface area (Å²) in [5.41, 5.74) is 1.32. The monoisotopic (exact) mass is 357 g/mol. The second-order valence-corrected chi connectivity index (χ2v) is 7.51. The molecule has 2 N–H and O–H groups in total. The summed E-state index contributed by atoms with van der Waals surface area (Å²) in [6.07, 6.45) is 1.16. The lowest BCUT2D eigenvalue weighted by Crippen LogP contribution is -2.41. The van der Waals surface area contributed by atoms with Crippen molar-refractivity contribution in [3.05, 3.63) is 33.8 Å². The van der Waals surface area contributed by atoms with Crippen molar-refractivity contribution in [3.63, 3.8) is 0 Å². The Bertz CT molecular complexity index is 545. The van der Waals surface area contributed by atoms with Crippen molar-refractivity contribution in [1.29, 1.82) is 0 Å². The molecule has 1 saturated heterocycles. The molecular weight excluding hydrogens is 333 g/mol. The molecule has 0 aliphatic carbocycles. The molecule has 0 bridgehead atoms. The van der Waals surface area contributed by atoms with Crippen LogP contribution < -0.4 is 10.6 Å². The van der Waals surface area contributed by atoms with Crippen LogP contribution in [0.15, 0.2) is 18.2 Å². The second kappa shape index (κ2) is 8.34. The maximum Gasteiger partial charge on any atom is 0.216 e. The first-order valence-electron chi connectivity index (χ1n) is 7.99. The van der Waals surface area contributed by atoms with E-state index in [2.05, 4.69) is 22.5 Å². The molecule has 1 atom stereocenters. The van der Waals surface area contributed by atoms with Crippen LogP contribution in [0.2, 0.25) is 10.0 Å². The zero-order valence-corrected chi connectivity index (χ0v) is 15.3. The first-order valence-corrected chi connectivity index (χ1v) is 8.75. The van der Waals surface area contributed by atoms with Crippen LogP contribution in [0.5, 0.6) is 0 Å². The molecule has 6 heteroatoms. The highest BCUT2D eigenvalue weighted by atomic mass is 35.5. The largest absolute Gasteiger partial charge is 0.355 e. The van der Waals surface area contributed by atoms with Gasteiger partial charge >= 0.3 is 0 Å². The second-order valence-electron chi connectivity index (χ2n) is 6.67. The van der Waals surface area contributed by atoms with Gasteiger partial charge in [0.05, 0.1) is 0 Å². The standard InChI is InChI=1S/C17H25Cl2N3O/c1-13(23)21-7-8-22(12-17(2)5-6-20-11-17)10-14-3-4-15(18)9-16(14)19/h3-4,9,20H,5-8,10-12H2,1-2H3,(H,21,23). The van der Waals surface area contributed by atoms with Gasteiger partial charge in [-0.15, -0.1) is 0 Å². The highest BCUT2D eigenvalue weighted by Gasteiger charge is 2.30. The summed E-state index contributed by atoms with van der Waals surface area (Å²) in [5, 5.41) is 7.65. The maximum absolute atomic E-state index is 11.1.